The van der Waals surface area contributed by atoms with Crippen molar-refractivity contribution in [2.24, 2.45) is 11.8 Å². The number of hydrogen-bond donors (Lipinski definition) is 3. The lowest BCUT2D eigenvalue weighted by molar-refractivity contribution is -0.109. The Kier molecular flexibility index (Phi) is 7.57. The molecule has 0 radical (unpaired) electrons. The molecule has 112 valence electrons. The van der Waals surface area contributed by atoms with Crippen molar-refractivity contribution < 1.29 is 20.1 Å². The van der Waals surface area contributed by atoms with E-state index in [9.17, 15) is 20.1 Å². The fraction of sp³-hybridized carbons (Fsp3) is 0.933. The summed E-state index contributed by atoms with van der Waals surface area (Å²) in [7, 11) is 0. The van der Waals surface area contributed by atoms with Crippen LogP contribution >= 0.6 is 0 Å². The van der Waals surface area contributed by atoms with E-state index in [1.807, 2.05) is 0 Å². The summed E-state index contributed by atoms with van der Waals surface area (Å²) in [6, 6.07) is 0. The normalized spacial score (nSPS) is 32.4. The predicted octanol–water partition coefficient (Wildman–Crippen LogP) is 1.65. The SMILES string of the molecule is CCCCCC(O)CC[C@H]1[C@H](CC=O)[C@H](O)C[C@@H]1O. The first-order valence-electron chi connectivity index (χ1n) is 7.58. The Morgan fingerprint density at radius 1 is 1.16 bits per heavy atom. The van der Waals surface area contributed by atoms with Crippen LogP contribution in [0.3, 0.4) is 0 Å². The third-order valence-corrected chi connectivity index (χ3v) is 4.36. The maximum Gasteiger partial charge on any atom is 0.120 e. The van der Waals surface area contributed by atoms with Gasteiger partial charge in [0.25, 0.3) is 0 Å². The standard InChI is InChI=1S/C15H28O4/c1-2-3-4-5-11(17)6-7-12-13(8-9-16)15(19)10-14(12)18/h9,11-15,17-19H,2-8,10H2,1H3/t11?,12-,13-,14-,15+/m0/s1. The van der Waals surface area contributed by atoms with Crippen molar-refractivity contribution in [2.45, 2.75) is 76.6 Å². The summed E-state index contributed by atoms with van der Waals surface area (Å²) >= 11 is 0. The molecule has 0 aromatic heterocycles. The van der Waals surface area contributed by atoms with Crippen molar-refractivity contribution in [1.29, 1.82) is 0 Å². The van der Waals surface area contributed by atoms with E-state index in [4.69, 9.17) is 0 Å². The highest BCUT2D eigenvalue weighted by Gasteiger charge is 2.40. The van der Waals surface area contributed by atoms with Crippen LogP contribution in [0.1, 0.15) is 58.3 Å². The zero-order chi connectivity index (χ0) is 14.3. The van der Waals surface area contributed by atoms with E-state index in [0.717, 1.165) is 32.0 Å². The van der Waals surface area contributed by atoms with Gasteiger partial charge in [0.2, 0.25) is 0 Å². The summed E-state index contributed by atoms with van der Waals surface area (Å²) < 4.78 is 0. The second-order valence-corrected chi connectivity index (χ2v) is 5.83. The van der Waals surface area contributed by atoms with Crippen LogP contribution in [0.25, 0.3) is 0 Å². The number of carbonyl (C=O) groups is 1. The van der Waals surface area contributed by atoms with Gasteiger partial charge >= 0.3 is 0 Å². The summed E-state index contributed by atoms with van der Waals surface area (Å²) in [4.78, 5) is 10.6. The molecule has 0 saturated heterocycles. The van der Waals surface area contributed by atoms with E-state index in [0.29, 0.717) is 25.7 Å². The van der Waals surface area contributed by atoms with Gasteiger partial charge in [-0.1, -0.05) is 26.2 Å². The molecule has 0 heterocycles. The van der Waals surface area contributed by atoms with Crippen molar-refractivity contribution in [2.75, 3.05) is 0 Å². The second kappa shape index (κ2) is 8.67. The number of aldehydes is 1. The number of aliphatic hydroxyl groups is 3. The third-order valence-electron chi connectivity index (χ3n) is 4.36. The molecule has 0 spiro atoms. The third kappa shape index (κ3) is 5.21. The van der Waals surface area contributed by atoms with Crippen molar-refractivity contribution in [3.63, 3.8) is 0 Å². The average molecular weight is 272 g/mol. The smallest absolute Gasteiger partial charge is 0.120 e. The molecule has 4 nitrogen and oxygen atoms in total. The first kappa shape index (κ1) is 16.6. The van der Waals surface area contributed by atoms with Crippen LogP contribution in [0.15, 0.2) is 0 Å². The van der Waals surface area contributed by atoms with Crippen LogP contribution < -0.4 is 0 Å². The van der Waals surface area contributed by atoms with Crippen LogP contribution in [0, 0.1) is 11.8 Å². The van der Waals surface area contributed by atoms with Gasteiger partial charge < -0.3 is 20.1 Å². The van der Waals surface area contributed by atoms with Crippen LogP contribution in [0.5, 0.6) is 0 Å². The quantitative estimate of drug-likeness (QED) is 0.440. The fourth-order valence-electron chi connectivity index (χ4n) is 3.18. The molecule has 0 amide bonds. The Labute approximate surface area is 115 Å². The monoisotopic (exact) mass is 272 g/mol. The molecule has 1 aliphatic rings. The van der Waals surface area contributed by atoms with Crippen molar-refractivity contribution in [1.82, 2.24) is 0 Å². The molecule has 19 heavy (non-hydrogen) atoms. The van der Waals surface area contributed by atoms with Crippen LogP contribution in [0.2, 0.25) is 0 Å². The van der Waals surface area contributed by atoms with E-state index in [1.165, 1.54) is 0 Å². The lowest BCUT2D eigenvalue weighted by Gasteiger charge is -2.23. The zero-order valence-electron chi connectivity index (χ0n) is 11.9. The fourth-order valence-corrected chi connectivity index (χ4v) is 3.18. The maximum absolute atomic E-state index is 10.6. The van der Waals surface area contributed by atoms with E-state index >= 15 is 0 Å². The maximum atomic E-state index is 10.6. The Bertz CT molecular complexity index is 257. The van der Waals surface area contributed by atoms with Crippen LogP contribution in [0.4, 0.5) is 0 Å². The van der Waals surface area contributed by atoms with Gasteiger partial charge in [0.05, 0.1) is 18.3 Å². The molecular weight excluding hydrogens is 244 g/mol. The van der Waals surface area contributed by atoms with Gasteiger partial charge in [-0.05, 0) is 37.5 Å². The Morgan fingerprint density at radius 3 is 2.47 bits per heavy atom. The molecule has 1 fully saturated rings. The molecule has 5 atom stereocenters. The first-order valence-corrected chi connectivity index (χ1v) is 7.58. The molecular formula is C15H28O4. The van der Waals surface area contributed by atoms with E-state index < -0.39 is 12.2 Å². The van der Waals surface area contributed by atoms with Gasteiger partial charge in [-0.2, -0.15) is 0 Å². The minimum absolute atomic E-state index is 0.0546. The van der Waals surface area contributed by atoms with E-state index in [-0.39, 0.29) is 17.9 Å². The van der Waals surface area contributed by atoms with Crippen molar-refractivity contribution in [3.05, 3.63) is 0 Å². The number of rotatable bonds is 9. The Hall–Kier alpha value is -0.450. The summed E-state index contributed by atoms with van der Waals surface area (Å²) in [5.41, 5.74) is 0. The topological polar surface area (TPSA) is 77.8 Å². The van der Waals surface area contributed by atoms with Gasteiger partial charge in [-0.15, -0.1) is 0 Å². The Morgan fingerprint density at radius 2 is 1.84 bits per heavy atom. The lowest BCUT2D eigenvalue weighted by Crippen LogP contribution is -2.24. The molecule has 4 heteroatoms. The minimum atomic E-state index is -0.581. The number of aliphatic hydroxyl groups excluding tert-OH is 3. The molecule has 1 rings (SSSR count). The van der Waals surface area contributed by atoms with Crippen LogP contribution in [-0.4, -0.2) is 39.9 Å². The molecule has 0 aromatic rings. The van der Waals surface area contributed by atoms with Crippen LogP contribution in [-0.2, 0) is 4.79 Å². The highest BCUT2D eigenvalue weighted by molar-refractivity contribution is 5.50. The second-order valence-electron chi connectivity index (χ2n) is 5.83. The van der Waals surface area contributed by atoms with Gasteiger partial charge in [0.15, 0.2) is 0 Å². The molecule has 3 N–H and O–H groups in total. The molecule has 1 unspecified atom stereocenters. The van der Waals surface area contributed by atoms with Gasteiger partial charge in [0.1, 0.15) is 6.29 Å². The summed E-state index contributed by atoms with van der Waals surface area (Å²) in [6.07, 6.45) is 5.47. The highest BCUT2D eigenvalue weighted by atomic mass is 16.3. The Balaban J connectivity index is 2.34. The van der Waals surface area contributed by atoms with Gasteiger partial charge in [-0.3, -0.25) is 0 Å². The summed E-state index contributed by atoms with van der Waals surface area (Å²) in [5.74, 6) is -0.198. The number of hydrogen-bond acceptors (Lipinski definition) is 4. The molecule has 1 saturated carbocycles. The van der Waals surface area contributed by atoms with Gasteiger partial charge in [-0.25, -0.2) is 0 Å². The highest BCUT2D eigenvalue weighted by Crippen LogP contribution is 2.37. The molecule has 1 aliphatic carbocycles. The molecule has 0 aliphatic heterocycles. The largest absolute Gasteiger partial charge is 0.393 e. The molecule has 0 aromatic carbocycles. The average Bonchev–Trinajstić information content (AvgIpc) is 2.63. The minimum Gasteiger partial charge on any atom is -0.393 e. The first-order chi connectivity index (χ1) is 9.10. The van der Waals surface area contributed by atoms with E-state index in [2.05, 4.69) is 6.92 Å². The summed E-state index contributed by atoms with van der Waals surface area (Å²) in [5, 5.41) is 29.6. The van der Waals surface area contributed by atoms with Gasteiger partial charge in [0, 0.05) is 6.42 Å². The predicted molar refractivity (Wildman–Crippen MR) is 73.7 cm³/mol. The van der Waals surface area contributed by atoms with Crippen molar-refractivity contribution in [3.8, 4) is 0 Å². The number of carbonyl (C=O) groups excluding carboxylic acids is 1. The lowest BCUT2D eigenvalue weighted by atomic mass is 9.86. The zero-order valence-corrected chi connectivity index (χ0v) is 11.9. The summed E-state index contributed by atoms with van der Waals surface area (Å²) in [6.45, 7) is 2.13. The molecule has 0 bridgehead atoms. The number of unbranched alkanes of at least 4 members (excludes halogenated alkanes) is 2. The van der Waals surface area contributed by atoms with Crippen molar-refractivity contribution >= 4 is 6.29 Å². The van der Waals surface area contributed by atoms with E-state index in [1.54, 1.807) is 0 Å².